The number of hydrogen-bond donors (Lipinski definition) is 0. The van der Waals surface area contributed by atoms with E-state index in [1.54, 1.807) is 25.1 Å². The van der Waals surface area contributed by atoms with E-state index in [1.807, 2.05) is 36.4 Å². The molecule has 1 unspecified atom stereocenters. The summed E-state index contributed by atoms with van der Waals surface area (Å²) in [6, 6.07) is 13.1. The van der Waals surface area contributed by atoms with Gasteiger partial charge in [-0.15, -0.1) is 0 Å². The molecular weight excluding hydrogens is 410 g/mol. The van der Waals surface area contributed by atoms with Gasteiger partial charge in [0.05, 0.1) is 18.8 Å². The van der Waals surface area contributed by atoms with Crippen molar-refractivity contribution in [1.82, 2.24) is 4.90 Å². The van der Waals surface area contributed by atoms with Gasteiger partial charge in [0.1, 0.15) is 18.1 Å². The lowest BCUT2D eigenvalue weighted by molar-refractivity contribution is 0.0656. The molecule has 1 atom stereocenters. The van der Waals surface area contributed by atoms with E-state index in [0.717, 1.165) is 35.2 Å². The molecule has 0 radical (unpaired) electrons. The van der Waals surface area contributed by atoms with Gasteiger partial charge in [-0.3, -0.25) is 4.79 Å². The molecular formula is C21H24BrNO4. The van der Waals surface area contributed by atoms with Crippen LogP contribution in [0.4, 0.5) is 0 Å². The molecule has 0 bridgehead atoms. The Morgan fingerprint density at radius 2 is 2.07 bits per heavy atom. The molecule has 3 rings (SSSR count). The summed E-state index contributed by atoms with van der Waals surface area (Å²) in [4.78, 5) is 14.7. The highest BCUT2D eigenvalue weighted by Crippen LogP contribution is 2.26. The van der Waals surface area contributed by atoms with Crippen molar-refractivity contribution in [3.63, 3.8) is 0 Å². The molecule has 2 aromatic rings. The molecule has 0 aromatic heterocycles. The highest BCUT2D eigenvalue weighted by molar-refractivity contribution is 9.10. The summed E-state index contributed by atoms with van der Waals surface area (Å²) >= 11 is 3.47. The van der Waals surface area contributed by atoms with Crippen molar-refractivity contribution < 1.29 is 19.0 Å². The van der Waals surface area contributed by atoms with Crippen LogP contribution in [0.3, 0.4) is 0 Å². The molecule has 0 saturated carbocycles. The van der Waals surface area contributed by atoms with Crippen molar-refractivity contribution in [2.24, 2.45) is 0 Å². The first-order valence-electron chi connectivity index (χ1n) is 9.00. The van der Waals surface area contributed by atoms with Crippen LogP contribution in [0.25, 0.3) is 0 Å². The molecule has 1 aliphatic rings. The summed E-state index contributed by atoms with van der Waals surface area (Å²) in [5, 5.41) is 0. The lowest BCUT2D eigenvalue weighted by Gasteiger charge is -2.21. The number of para-hydroxylation sites is 1. The molecule has 6 heteroatoms. The maximum Gasteiger partial charge on any atom is 0.257 e. The summed E-state index contributed by atoms with van der Waals surface area (Å²) in [6.45, 7) is 1.68. The number of nitrogens with zero attached hydrogens (tertiary/aromatic N) is 1. The van der Waals surface area contributed by atoms with Crippen LogP contribution in [0.1, 0.15) is 28.8 Å². The maximum absolute atomic E-state index is 13.0. The first-order valence-corrected chi connectivity index (χ1v) is 9.79. The van der Waals surface area contributed by atoms with Gasteiger partial charge in [0.25, 0.3) is 5.91 Å². The Labute approximate surface area is 168 Å². The highest BCUT2D eigenvalue weighted by atomic mass is 79.9. The Morgan fingerprint density at radius 3 is 2.81 bits per heavy atom. The zero-order valence-electron chi connectivity index (χ0n) is 15.6. The third-order valence-corrected chi connectivity index (χ3v) is 5.06. The normalized spacial score (nSPS) is 16.2. The third kappa shape index (κ3) is 5.02. The second-order valence-corrected chi connectivity index (χ2v) is 7.48. The fourth-order valence-corrected chi connectivity index (χ4v) is 3.54. The van der Waals surface area contributed by atoms with E-state index < -0.39 is 0 Å². The minimum absolute atomic E-state index is 0.0973. The zero-order chi connectivity index (χ0) is 19.2. The van der Waals surface area contributed by atoms with Gasteiger partial charge < -0.3 is 19.1 Å². The van der Waals surface area contributed by atoms with E-state index in [2.05, 4.69) is 15.9 Å². The number of carbonyl (C=O) groups excluding carboxylic acids is 1. The van der Waals surface area contributed by atoms with Crippen LogP contribution in [0.15, 0.2) is 46.9 Å². The van der Waals surface area contributed by atoms with E-state index in [9.17, 15) is 4.79 Å². The fourth-order valence-electron chi connectivity index (χ4n) is 3.13. The molecule has 5 nitrogen and oxygen atoms in total. The van der Waals surface area contributed by atoms with Gasteiger partial charge in [-0.2, -0.15) is 0 Å². The van der Waals surface area contributed by atoms with Gasteiger partial charge >= 0.3 is 0 Å². The minimum Gasteiger partial charge on any atom is -0.496 e. The van der Waals surface area contributed by atoms with Crippen LogP contribution >= 0.6 is 15.9 Å². The Bertz CT molecular complexity index is 790. The highest BCUT2D eigenvalue weighted by Gasteiger charge is 2.20. The lowest BCUT2D eigenvalue weighted by Crippen LogP contribution is -2.27. The summed E-state index contributed by atoms with van der Waals surface area (Å²) in [6.07, 6.45) is 2.17. The SMILES string of the molecule is COc1ccc(Br)cc1CN(C)C(=O)c1ccccc1OCC1CCCO1. The standard InChI is InChI=1S/C21H24BrNO4/c1-23(13-15-12-16(22)9-10-19(15)25-2)21(24)18-7-3-4-8-20(18)27-14-17-6-5-11-26-17/h3-4,7-10,12,17H,5-6,11,13-14H2,1-2H3. The van der Waals surface area contributed by atoms with Crippen LogP contribution in [0, 0.1) is 0 Å². The number of carbonyl (C=O) groups is 1. The number of ether oxygens (including phenoxy) is 3. The van der Waals surface area contributed by atoms with Crippen molar-refractivity contribution in [3.05, 3.63) is 58.1 Å². The topological polar surface area (TPSA) is 48.0 Å². The molecule has 1 amide bonds. The molecule has 0 N–H and O–H groups in total. The molecule has 0 aliphatic carbocycles. The van der Waals surface area contributed by atoms with Crippen molar-refractivity contribution in [2.45, 2.75) is 25.5 Å². The van der Waals surface area contributed by atoms with E-state index in [1.165, 1.54) is 0 Å². The Kier molecular flexibility index (Phi) is 6.74. The molecule has 1 saturated heterocycles. The predicted molar refractivity (Wildman–Crippen MR) is 107 cm³/mol. The van der Waals surface area contributed by atoms with E-state index in [0.29, 0.717) is 24.5 Å². The molecule has 27 heavy (non-hydrogen) atoms. The molecule has 2 aromatic carbocycles. The van der Waals surface area contributed by atoms with Crippen LogP contribution in [-0.2, 0) is 11.3 Å². The number of halogens is 1. The van der Waals surface area contributed by atoms with Crippen molar-refractivity contribution in [3.8, 4) is 11.5 Å². The summed E-state index contributed by atoms with van der Waals surface area (Å²) in [5.74, 6) is 1.24. The van der Waals surface area contributed by atoms with Gasteiger partial charge in [0.2, 0.25) is 0 Å². The number of benzene rings is 2. The second-order valence-electron chi connectivity index (χ2n) is 6.56. The van der Waals surface area contributed by atoms with Crippen molar-refractivity contribution in [2.75, 3.05) is 27.4 Å². The average Bonchev–Trinajstić information content (AvgIpc) is 3.20. The van der Waals surface area contributed by atoms with Crippen molar-refractivity contribution in [1.29, 1.82) is 0 Å². The lowest BCUT2D eigenvalue weighted by atomic mass is 10.1. The molecule has 1 heterocycles. The molecule has 1 aliphatic heterocycles. The average molecular weight is 434 g/mol. The molecule has 1 fully saturated rings. The summed E-state index contributed by atoms with van der Waals surface area (Å²) in [5.41, 5.74) is 1.48. The van der Waals surface area contributed by atoms with Gasteiger partial charge in [-0.25, -0.2) is 0 Å². The Balaban J connectivity index is 1.72. The first kappa shape index (κ1) is 19.7. The van der Waals surface area contributed by atoms with E-state index in [4.69, 9.17) is 14.2 Å². The molecule has 0 spiro atoms. The predicted octanol–water partition coefficient (Wildman–Crippen LogP) is 4.29. The number of hydrogen-bond acceptors (Lipinski definition) is 4. The number of amides is 1. The van der Waals surface area contributed by atoms with Crippen molar-refractivity contribution >= 4 is 21.8 Å². The van der Waals surface area contributed by atoms with Crippen LogP contribution < -0.4 is 9.47 Å². The van der Waals surface area contributed by atoms with Gasteiger partial charge in [0.15, 0.2) is 0 Å². The van der Waals surface area contributed by atoms with Gasteiger partial charge in [0, 0.05) is 30.2 Å². The quantitative estimate of drug-likeness (QED) is 0.653. The smallest absolute Gasteiger partial charge is 0.257 e. The Morgan fingerprint density at radius 1 is 1.26 bits per heavy atom. The summed E-state index contributed by atoms with van der Waals surface area (Å²) in [7, 11) is 3.41. The number of rotatable bonds is 7. The van der Waals surface area contributed by atoms with Crippen LogP contribution in [0.2, 0.25) is 0 Å². The maximum atomic E-state index is 13.0. The van der Waals surface area contributed by atoms with Gasteiger partial charge in [-0.05, 0) is 43.2 Å². The van der Waals surface area contributed by atoms with Gasteiger partial charge in [-0.1, -0.05) is 28.1 Å². The monoisotopic (exact) mass is 433 g/mol. The third-order valence-electron chi connectivity index (χ3n) is 4.56. The largest absolute Gasteiger partial charge is 0.496 e. The summed E-state index contributed by atoms with van der Waals surface area (Å²) < 4.78 is 17.9. The van der Waals surface area contributed by atoms with Crippen LogP contribution in [0.5, 0.6) is 11.5 Å². The minimum atomic E-state index is -0.0973. The van der Waals surface area contributed by atoms with Crippen LogP contribution in [-0.4, -0.2) is 44.3 Å². The van der Waals surface area contributed by atoms with E-state index in [-0.39, 0.29) is 12.0 Å². The first-order chi connectivity index (χ1) is 13.1. The number of methoxy groups -OCH3 is 1. The Hall–Kier alpha value is -2.05. The second kappa shape index (κ2) is 9.24. The molecule has 144 valence electrons. The van der Waals surface area contributed by atoms with E-state index >= 15 is 0 Å². The zero-order valence-corrected chi connectivity index (χ0v) is 17.2. The fraction of sp³-hybridized carbons (Fsp3) is 0.381.